The van der Waals surface area contributed by atoms with E-state index in [1.165, 1.54) is 32.9 Å². The maximum Gasteiger partial charge on any atom is 0.331 e. The van der Waals surface area contributed by atoms with Crippen LogP contribution in [0.1, 0.15) is 74.7 Å². The van der Waals surface area contributed by atoms with Crippen LogP contribution in [-0.4, -0.2) is 90.9 Å². The van der Waals surface area contributed by atoms with Crippen LogP contribution in [0.2, 0.25) is 0 Å². The van der Waals surface area contributed by atoms with Crippen molar-refractivity contribution in [1.82, 2.24) is 15.5 Å². The zero-order valence-corrected chi connectivity index (χ0v) is 30.7. The lowest BCUT2D eigenvalue weighted by Gasteiger charge is -2.51. The number of phenols is 2. The fourth-order valence-electron chi connectivity index (χ4n) is 9.63. The Balaban J connectivity index is 1.32. The van der Waals surface area contributed by atoms with Gasteiger partial charge in [0.05, 0.1) is 31.6 Å². The number of nitrogens with zero attached hydrogens (tertiary/aromatic N) is 1. The fraction of sp³-hybridized carbons (Fsp3) is 0.474. The number of aromatic hydroxyl groups is 2. The molecule has 53 heavy (non-hydrogen) atoms. The van der Waals surface area contributed by atoms with Gasteiger partial charge in [0, 0.05) is 60.0 Å². The molecule has 0 saturated carbocycles. The standard InChI is InChI=1S/C38H41N3O11S/c1-15-8-19-20-11-39-28(25(19)30(44)31(15)48-5)29-35-27-26(34-33(50-14-51-34)16(2)32(27)52-17(3)42)22(41(29)36(20)45)12-49-37(46)38(13-53-35)21-10-24(47-4)23(43)9-18(21)6-7-40-38/h8-10,20,22,28-29,35-36,39-40,43-45H,6-7,11-14H2,1-5H3/t20?,22-,28+,29?,35+,36-,38+/m0/s1. The van der Waals surface area contributed by atoms with Gasteiger partial charge in [-0.25, -0.2) is 4.79 Å². The molecule has 8 atom stereocenters. The number of aliphatic hydroxyl groups is 1. The third-order valence-electron chi connectivity index (χ3n) is 11.8. The fourth-order valence-corrected chi connectivity index (χ4v) is 11.3. The van der Waals surface area contributed by atoms with Gasteiger partial charge in [0.2, 0.25) is 6.79 Å². The molecule has 3 aromatic carbocycles. The normalized spacial score (nSPS) is 30.4. The number of carbonyl (C=O) groups excluding carboxylic acids is 2. The van der Waals surface area contributed by atoms with Gasteiger partial charge in [-0.05, 0) is 54.7 Å². The van der Waals surface area contributed by atoms with Gasteiger partial charge in [0.15, 0.2) is 40.0 Å². The number of thioether (sulfide) groups is 1. The minimum Gasteiger partial charge on any atom is -0.504 e. The van der Waals surface area contributed by atoms with E-state index >= 15 is 0 Å². The first-order chi connectivity index (χ1) is 25.5. The molecule has 8 aliphatic heterocycles. The number of aliphatic hydroxyl groups excluding tert-OH is 1. The smallest absolute Gasteiger partial charge is 0.331 e. The van der Waals surface area contributed by atoms with Crippen LogP contribution in [-0.2, 0) is 26.3 Å². The van der Waals surface area contributed by atoms with Crippen molar-refractivity contribution in [2.24, 2.45) is 0 Å². The summed E-state index contributed by atoms with van der Waals surface area (Å²) in [5, 5.41) is 41.8. The predicted molar refractivity (Wildman–Crippen MR) is 190 cm³/mol. The molecule has 8 aliphatic rings. The number of esters is 2. The topological polar surface area (TPSA) is 178 Å². The summed E-state index contributed by atoms with van der Waals surface area (Å²) < 4.78 is 35.8. The molecule has 280 valence electrons. The van der Waals surface area contributed by atoms with Crippen LogP contribution in [0.3, 0.4) is 0 Å². The first-order valence-electron chi connectivity index (χ1n) is 17.7. The highest BCUT2D eigenvalue weighted by atomic mass is 32.2. The molecule has 2 saturated heterocycles. The summed E-state index contributed by atoms with van der Waals surface area (Å²) in [6.07, 6.45) is -0.537. The SMILES string of the molecule is COc1cc2c(cc1O)CCN[C@]21CS[C@@H]2c3c(OC(C)=O)c(C)c4c(c3[C@H](COC1=O)N1C2[C@@H]2NCC(c3cc(C)c(OC)c(O)c32)[C@@H]1O)OCO4. The lowest BCUT2D eigenvalue weighted by Crippen LogP contribution is -2.59. The first-order valence-corrected chi connectivity index (χ1v) is 18.7. The van der Waals surface area contributed by atoms with Gasteiger partial charge < -0.3 is 49.1 Å². The number of nitrogens with one attached hydrogen (secondary N) is 2. The summed E-state index contributed by atoms with van der Waals surface area (Å²) in [7, 11) is 2.98. The molecule has 2 fully saturated rings. The van der Waals surface area contributed by atoms with Gasteiger partial charge in [0.25, 0.3) is 0 Å². The molecule has 3 aromatic rings. The summed E-state index contributed by atoms with van der Waals surface area (Å²) in [5.41, 5.74) is 4.10. The highest BCUT2D eigenvalue weighted by Crippen LogP contribution is 2.64. The van der Waals surface area contributed by atoms with Crippen molar-refractivity contribution in [3.63, 3.8) is 0 Å². The Bertz CT molecular complexity index is 2090. The second-order valence-corrected chi connectivity index (χ2v) is 15.6. The second-order valence-electron chi connectivity index (χ2n) is 14.5. The molecule has 1 spiro atoms. The van der Waals surface area contributed by atoms with E-state index < -0.39 is 53.0 Å². The molecule has 0 radical (unpaired) electrons. The van der Waals surface area contributed by atoms with Gasteiger partial charge in [0.1, 0.15) is 18.6 Å². The summed E-state index contributed by atoms with van der Waals surface area (Å²) in [6.45, 7) is 5.61. The average molecular weight is 748 g/mol. The van der Waals surface area contributed by atoms with E-state index in [0.717, 1.165) is 16.7 Å². The second kappa shape index (κ2) is 12.3. The lowest BCUT2D eigenvalue weighted by molar-refractivity contribution is -0.158. The van der Waals surface area contributed by atoms with Crippen molar-refractivity contribution in [3.05, 3.63) is 62.7 Å². The molecule has 14 nitrogen and oxygen atoms in total. The van der Waals surface area contributed by atoms with E-state index in [2.05, 4.69) is 10.6 Å². The van der Waals surface area contributed by atoms with Crippen molar-refractivity contribution >= 4 is 23.7 Å². The van der Waals surface area contributed by atoms with Crippen LogP contribution < -0.4 is 34.3 Å². The minimum absolute atomic E-state index is 0.00306. The molecule has 15 heteroatoms. The van der Waals surface area contributed by atoms with E-state index in [9.17, 15) is 24.9 Å². The van der Waals surface area contributed by atoms with Crippen LogP contribution in [0.4, 0.5) is 0 Å². The number of fused-ring (bicyclic) bond motifs is 6. The van der Waals surface area contributed by atoms with Crippen molar-refractivity contribution < 1.29 is 53.3 Å². The molecule has 0 aromatic heterocycles. The summed E-state index contributed by atoms with van der Waals surface area (Å²) in [6, 6.07) is 3.37. The van der Waals surface area contributed by atoms with E-state index in [0.29, 0.717) is 70.3 Å². The van der Waals surface area contributed by atoms with E-state index in [4.69, 9.17) is 28.4 Å². The Morgan fingerprint density at radius 3 is 2.58 bits per heavy atom. The van der Waals surface area contributed by atoms with Crippen molar-refractivity contribution in [2.75, 3.05) is 46.5 Å². The Hall–Kier alpha value is -4.41. The Labute approximate surface area is 309 Å². The van der Waals surface area contributed by atoms with E-state index in [1.807, 2.05) is 24.8 Å². The van der Waals surface area contributed by atoms with Crippen LogP contribution >= 0.6 is 11.8 Å². The number of phenolic OH excluding ortho intramolecular Hbond substituents is 2. The van der Waals surface area contributed by atoms with Crippen molar-refractivity contribution in [1.29, 1.82) is 0 Å². The third kappa shape index (κ3) is 4.73. The maximum atomic E-state index is 14.7. The number of carbonyl (C=O) groups is 2. The molecule has 0 aliphatic carbocycles. The number of benzene rings is 3. The van der Waals surface area contributed by atoms with Gasteiger partial charge >= 0.3 is 11.9 Å². The van der Waals surface area contributed by atoms with Gasteiger partial charge in [-0.2, -0.15) is 0 Å². The monoisotopic (exact) mass is 747 g/mol. The first kappa shape index (κ1) is 34.4. The van der Waals surface area contributed by atoms with Crippen LogP contribution in [0.5, 0.6) is 40.2 Å². The van der Waals surface area contributed by atoms with E-state index in [-0.39, 0.29) is 36.4 Å². The zero-order chi connectivity index (χ0) is 37.1. The highest BCUT2D eigenvalue weighted by Gasteiger charge is 2.59. The molecular formula is C38H41N3O11S. The van der Waals surface area contributed by atoms with Crippen molar-refractivity contribution in [2.45, 2.75) is 68.3 Å². The molecule has 3 unspecified atom stereocenters. The largest absolute Gasteiger partial charge is 0.504 e. The minimum atomic E-state index is -1.36. The van der Waals surface area contributed by atoms with Gasteiger partial charge in [-0.3, -0.25) is 15.0 Å². The Kier molecular flexibility index (Phi) is 7.98. The number of rotatable bonds is 3. The number of ether oxygens (including phenoxy) is 6. The van der Waals surface area contributed by atoms with Crippen LogP contribution in [0, 0.1) is 13.8 Å². The molecular weight excluding hydrogens is 706 g/mol. The molecule has 11 rings (SSSR count). The predicted octanol–water partition coefficient (Wildman–Crippen LogP) is 3.24. The van der Waals surface area contributed by atoms with Crippen LogP contribution in [0.25, 0.3) is 0 Å². The van der Waals surface area contributed by atoms with Gasteiger partial charge in [-0.15, -0.1) is 11.8 Å². The third-order valence-corrected chi connectivity index (χ3v) is 13.3. The average Bonchev–Trinajstić information content (AvgIpc) is 3.55. The maximum absolute atomic E-state index is 14.7. The lowest BCUT2D eigenvalue weighted by atomic mass is 9.79. The number of methoxy groups -OCH3 is 2. The number of aryl methyl sites for hydroxylation is 1. The Morgan fingerprint density at radius 1 is 1.04 bits per heavy atom. The molecule has 5 N–H and O–H groups in total. The number of hydrogen-bond donors (Lipinski definition) is 5. The van der Waals surface area contributed by atoms with Gasteiger partial charge in [-0.1, -0.05) is 6.07 Å². The molecule has 0 amide bonds. The Morgan fingerprint density at radius 2 is 1.83 bits per heavy atom. The summed E-state index contributed by atoms with van der Waals surface area (Å²) in [5.74, 6) is 0.372. The summed E-state index contributed by atoms with van der Waals surface area (Å²) in [4.78, 5) is 29.5. The van der Waals surface area contributed by atoms with E-state index in [1.54, 1.807) is 12.1 Å². The quantitative estimate of drug-likeness (QED) is 0.195. The molecule has 4 bridgehead atoms. The molecule has 8 heterocycles. The van der Waals surface area contributed by atoms with Crippen LogP contribution in [0.15, 0.2) is 18.2 Å². The van der Waals surface area contributed by atoms with Crippen molar-refractivity contribution in [3.8, 4) is 40.2 Å². The zero-order valence-electron chi connectivity index (χ0n) is 29.9. The number of hydrogen-bond acceptors (Lipinski definition) is 15. The summed E-state index contributed by atoms with van der Waals surface area (Å²) >= 11 is 1.45. The highest BCUT2D eigenvalue weighted by molar-refractivity contribution is 7.99.